The minimum Gasteiger partial charge on any atom is -0.475 e. The fourth-order valence-electron chi connectivity index (χ4n) is 1.17. The van der Waals surface area contributed by atoms with Crippen molar-refractivity contribution in [1.29, 1.82) is 0 Å². The fourth-order valence-corrected chi connectivity index (χ4v) is 1.17. The number of aliphatic carboxylic acids is 1. The van der Waals surface area contributed by atoms with E-state index in [4.69, 9.17) is 15.0 Å². The summed E-state index contributed by atoms with van der Waals surface area (Å²) in [5, 5.41) is 26.4. The van der Waals surface area contributed by atoms with Crippen LogP contribution in [-0.2, 0) is 4.79 Å². The summed E-state index contributed by atoms with van der Waals surface area (Å²) in [7, 11) is 0. The van der Waals surface area contributed by atoms with Crippen LogP contribution >= 0.6 is 0 Å². The Hall–Kier alpha value is -2.43. The smallest absolute Gasteiger partial charge is 0.475 e. The van der Waals surface area contributed by atoms with Gasteiger partial charge in [0.2, 0.25) is 5.95 Å². The molecular formula is C10H12F3N5O3. The number of H-pyrrole nitrogens is 1. The molecule has 0 saturated carbocycles. The number of carboxylic acid groups (broad SMARTS) is 1. The SMILES string of the molecule is Cc1[nH]nc2nc(NCCO)ncc12.O=C(O)C(F)(F)F. The van der Waals surface area contributed by atoms with Gasteiger partial charge in [-0.15, -0.1) is 0 Å². The second-order valence-electron chi connectivity index (χ2n) is 3.73. The highest BCUT2D eigenvalue weighted by Gasteiger charge is 2.38. The fraction of sp³-hybridized carbons (Fsp3) is 0.400. The van der Waals surface area contributed by atoms with Gasteiger partial charge in [0.15, 0.2) is 5.65 Å². The number of halogens is 3. The first-order valence-corrected chi connectivity index (χ1v) is 5.58. The van der Waals surface area contributed by atoms with Crippen LogP contribution < -0.4 is 5.32 Å². The van der Waals surface area contributed by atoms with Crippen LogP contribution in [-0.4, -0.2) is 55.7 Å². The maximum absolute atomic E-state index is 10.6. The summed E-state index contributed by atoms with van der Waals surface area (Å²) in [5.41, 5.74) is 1.59. The molecule has 21 heavy (non-hydrogen) atoms. The Morgan fingerprint density at radius 2 is 2.10 bits per heavy atom. The average molecular weight is 307 g/mol. The van der Waals surface area contributed by atoms with Gasteiger partial charge in [-0.25, -0.2) is 9.78 Å². The predicted octanol–water partition coefficient (Wildman–Crippen LogP) is 0.699. The van der Waals surface area contributed by atoms with Crippen molar-refractivity contribution in [2.75, 3.05) is 18.5 Å². The number of nitrogens with one attached hydrogen (secondary N) is 2. The molecule has 2 aromatic rings. The number of carbonyl (C=O) groups is 1. The number of hydrogen-bond acceptors (Lipinski definition) is 6. The maximum atomic E-state index is 10.6. The Morgan fingerprint density at radius 3 is 2.62 bits per heavy atom. The summed E-state index contributed by atoms with van der Waals surface area (Å²) in [6.45, 7) is 2.41. The third-order valence-corrected chi connectivity index (χ3v) is 2.14. The molecule has 4 N–H and O–H groups in total. The number of aliphatic hydroxyl groups is 1. The number of anilines is 1. The summed E-state index contributed by atoms with van der Waals surface area (Å²) in [6, 6.07) is 0. The molecule has 0 fully saturated rings. The van der Waals surface area contributed by atoms with Crippen molar-refractivity contribution in [3.63, 3.8) is 0 Å². The van der Waals surface area contributed by atoms with E-state index in [0.29, 0.717) is 18.1 Å². The number of alkyl halides is 3. The highest BCUT2D eigenvalue weighted by Crippen LogP contribution is 2.13. The molecular weight excluding hydrogens is 295 g/mol. The normalized spacial score (nSPS) is 10.9. The lowest BCUT2D eigenvalue weighted by Gasteiger charge is -2.00. The van der Waals surface area contributed by atoms with Crippen LogP contribution in [0.3, 0.4) is 0 Å². The first kappa shape index (κ1) is 16.6. The van der Waals surface area contributed by atoms with E-state index >= 15 is 0 Å². The van der Waals surface area contributed by atoms with Gasteiger partial charge >= 0.3 is 12.1 Å². The summed E-state index contributed by atoms with van der Waals surface area (Å²) in [6.07, 6.45) is -3.37. The van der Waals surface area contributed by atoms with Crippen LogP contribution in [0.2, 0.25) is 0 Å². The van der Waals surface area contributed by atoms with Gasteiger partial charge in [0, 0.05) is 18.4 Å². The Labute approximate surface area is 116 Å². The molecule has 11 heteroatoms. The number of rotatable bonds is 3. The average Bonchev–Trinajstić information content (AvgIpc) is 2.77. The second kappa shape index (κ2) is 6.83. The molecule has 116 valence electrons. The van der Waals surface area contributed by atoms with Crippen molar-refractivity contribution in [2.45, 2.75) is 13.1 Å². The van der Waals surface area contributed by atoms with Crippen molar-refractivity contribution in [3.05, 3.63) is 11.9 Å². The first-order chi connectivity index (χ1) is 9.75. The number of aryl methyl sites for hydroxylation is 1. The van der Waals surface area contributed by atoms with Gasteiger partial charge < -0.3 is 15.5 Å². The van der Waals surface area contributed by atoms with Crippen molar-refractivity contribution in [3.8, 4) is 0 Å². The summed E-state index contributed by atoms with van der Waals surface area (Å²) in [5.74, 6) is -2.27. The van der Waals surface area contributed by atoms with Gasteiger partial charge in [-0.1, -0.05) is 0 Å². The van der Waals surface area contributed by atoms with Crippen LogP contribution in [0, 0.1) is 6.92 Å². The van der Waals surface area contributed by atoms with Crippen LogP contribution in [0.5, 0.6) is 0 Å². The predicted molar refractivity (Wildman–Crippen MR) is 65.7 cm³/mol. The van der Waals surface area contributed by atoms with Crippen LogP contribution in [0.1, 0.15) is 5.69 Å². The monoisotopic (exact) mass is 307 g/mol. The molecule has 0 saturated heterocycles. The standard InChI is InChI=1S/C8H11N5O.C2HF3O2/c1-5-6-4-10-8(9-2-3-14)11-7(6)13-12-5;3-2(4,5)1(6)7/h4,14H,2-3H2,1H3,(H2,9,10,11,12,13);(H,6,7). The summed E-state index contributed by atoms with van der Waals surface area (Å²) >= 11 is 0. The van der Waals surface area contributed by atoms with E-state index in [9.17, 15) is 13.2 Å². The quantitative estimate of drug-likeness (QED) is 0.658. The highest BCUT2D eigenvalue weighted by atomic mass is 19.4. The number of aromatic nitrogens is 4. The van der Waals surface area contributed by atoms with Gasteiger partial charge in [0.05, 0.1) is 12.0 Å². The second-order valence-corrected chi connectivity index (χ2v) is 3.73. The molecule has 0 aliphatic heterocycles. The number of carboxylic acids is 1. The Kier molecular flexibility index (Phi) is 5.41. The Morgan fingerprint density at radius 1 is 1.48 bits per heavy atom. The molecule has 0 unspecified atom stereocenters. The largest absolute Gasteiger partial charge is 0.490 e. The van der Waals surface area contributed by atoms with E-state index in [-0.39, 0.29) is 6.61 Å². The van der Waals surface area contributed by atoms with E-state index in [1.165, 1.54) is 0 Å². The van der Waals surface area contributed by atoms with Crippen molar-refractivity contribution >= 4 is 23.0 Å². The number of aliphatic hydroxyl groups excluding tert-OH is 1. The van der Waals surface area contributed by atoms with E-state index in [2.05, 4.69) is 25.5 Å². The maximum Gasteiger partial charge on any atom is 0.490 e. The Bertz CT molecular complexity index is 613. The van der Waals surface area contributed by atoms with Gasteiger partial charge in [-0.2, -0.15) is 23.3 Å². The van der Waals surface area contributed by atoms with E-state index in [0.717, 1.165) is 11.1 Å². The van der Waals surface area contributed by atoms with Gasteiger partial charge in [-0.05, 0) is 6.92 Å². The zero-order chi connectivity index (χ0) is 16.0. The van der Waals surface area contributed by atoms with Crippen LogP contribution in [0.25, 0.3) is 11.0 Å². The number of hydrogen-bond donors (Lipinski definition) is 4. The third kappa shape index (κ3) is 4.87. The van der Waals surface area contributed by atoms with E-state index in [1.54, 1.807) is 6.20 Å². The van der Waals surface area contributed by atoms with Gasteiger partial charge in [0.25, 0.3) is 0 Å². The lowest BCUT2D eigenvalue weighted by atomic mass is 10.3. The van der Waals surface area contributed by atoms with Crippen LogP contribution in [0.4, 0.5) is 19.1 Å². The molecule has 0 atom stereocenters. The third-order valence-electron chi connectivity index (χ3n) is 2.14. The van der Waals surface area contributed by atoms with Gasteiger partial charge in [-0.3, -0.25) is 5.10 Å². The minimum absolute atomic E-state index is 0.0565. The zero-order valence-corrected chi connectivity index (χ0v) is 10.8. The molecule has 0 aliphatic rings. The topological polar surface area (TPSA) is 124 Å². The van der Waals surface area contributed by atoms with Crippen molar-refractivity contribution in [2.24, 2.45) is 0 Å². The number of nitrogens with zero attached hydrogens (tertiary/aromatic N) is 3. The summed E-state index contributed by atoms with van der Waals surface area (Å²) < 4.78 is 31.7. The number of aromatic amines is 1. The van der Waals surface area contributed by atoms with Crippen molar-refractivity contribution < 1.29 is 28.2 Å². The molecule has 8 nitrogen and oxygen atoms in total. The van der Waals surface area contributed by atoms with Crippen LogP contribution in [0.15, 0.2) is 6.20 Å². The van der Waals surface area contributed by atoms with E-state index < -0.39 is 12.1 Å². The highest BCUT2D eigenvalue weighted by molar-refractivity contribution is 5.77. The molecule has 0 aliphatic carbocycles. The molecule has 0 spiro atoms. The molecule has 0 bridgehead atoms. The first-order valence-electron chi connectivity index (χ1n) is 5.58. The zero-order valence-electron chi connectivity index (χ0n) is 10.8. The van der Waals surface area contributed by atoms with Gasteiger partial charge in [0.1, 0.15) is 0 Å². The molecule has 2 heterocycles. The molecule has 0 aromatic carbocycles. The lowest BCUT2D eigenvalue weighted by Crippen LogP contribution is -2.21. The number of fused-ring (bicyclic) bond motifs is 1. The summed E-state index contributed by atoms with van der Waals surface area (Å²) in [4.78, 5) is 17.1. The molecule has 0 amide bonds. The van der Waals surface area contributed by atoms with Crippen molar-refractivity contribution in [1.82, 2.24) is 20.2 Å². The molecule has 2 rings (SSSR count). The molecule has 0 radical (unpaired) electrons. The molecule has 2 aromatic heterocycles. The van der Waals surface area contributed by atoms with E-state index in [1.807, 2.05) is 6.92 Å². The minimum atomic E-state index is -5.08. The Balaban J connectivity index is 0.000000270. The lowest BCUT2D eigenvalue weighted by molar-refractivity contribution is -0.192.